The first-order valence-electron chi connectivity index (χ1n) is 7.72. The Kier molecular flexibility index (Phi) is 5.01. The second-order valence-electron chi connectivity index (χ2n) is 6.28. The summed E-state index contributed by atoms with van der Waals surface area (Å²) < 4.78 is 0.658. The summed E-state index contributed by atoms with van der Waals surface area (Å²) in [4.78, 5) is 12.1. The summed E-state index contributed by atoms with van der Waals surface area (Å²) in [5.74, 6) is -0.369. The molecule has 0 saturated heterocycles. The lowest BCUT2D eigenvalue weighted by atomic mass is 9.74. The maximum Gasteiger partial charge on any atom is 0.217 e. The van der Waals surface area contributed by atoms with Gasteiger partial charge in [-0.25, -0.2) is 0 Å². The lowest BCUT2D eigenvalue weighted by molar-refractivity contribution is -0.616. The molecule has 0 amide bonds. The minimum absolute atomic E-state index is 0.0130. The van der Waals surface area contributed by atoms with E-state index in [4.69, 9.17) is 0 Å². The van der Waals surface area contributed by atoms with Gasteiger partial charge in [-0.3, -0.25) is 4.79 Å². The van der Waals surface area contributed by atoms with Crippen LogP contribution in [-0.4, -0.2) is 16.5 Å². The van der Waals surface area contributed by atoms with Crippen LogP contribution in [-0.2, 0) is 10.2 Å². The second kappa shape index (κ2) is 6.81. The SMILES string of the molecule is CC(C)(O)C(=O)CC[C@@](C#N)(c1ccccc1)c1cccc[n+]1[O-]. The summed E-state index contributed by atoms with van der Waals surface area (Å²) in [5.41, 5.74) is -1.82. The molecule has 0 bridgehead atoms. The first-order valence-corrected chi connectivity index (χ1v) is 7.72. The molecular weight excluding hydrogens is 304 g/mol. The van der Waals surface area contributed by atoms with E-state index in [1.165, 1.54) is 20.0 Å². The number of pyridine rings is 1. The average Bonchev–Trinajstić information content (AvgIpc) is 2.57. The minimum atomic E-state index is -1.47. The summed E-state index contributed by atoms with van der Waals surface area (Å²) in [7, 11) is 0. The molecule has 0 spiro atoms. The predicted octanol–water partition coefficient (Wildman–Crippen LogP) is 2.25. The van der Waals surface area contributed by atoms with Gasteiger partial charge in [0, 0.05) is 18.6 Å². The number of rotatable bonds is 6. The van der Waals surface area contributed by atoms with E-state index in [1.54, 1.807) is 42.5 Å². The molecule has 5 nitrogen and oxygen atoms in total. The smallest absolute Gasteiger partial charge is 0.217 e. The number of benzene rings is 1. The van der Waals surface area contributed by atoms with Gasteiger partial charge in [-0.1, -0.05) is 30.3 Å². The fraction of sp³-hybridized carbons (Fsp3) is 0.316. The maximum atomic E-state index is 12.3. The van der Waals surface area contributed by atoms with Crippen molar-refractivity contribution in [1.29, 1.82) is 5.26 Å². The third-order valence-corrected chi connectivity index (χ3v) is 4.13. The molecule has 24 heavy (non-hydrogen) atoms. The number of aromatic nitrogens is 1. The highest BCUT2D eigenvalue weighted by molar-refractivity contribution is 5.86. The molecule has 1 N–H and O–H groups in total. The highest BCUT2D eigenvalue weighted by Gasteiger charge is 2.42. The molecule has 1 aromatic heterocycles. The van der Waals surface area contributed by atoms with Crippen molar-refractivity contribution in [3.05, 3.63) is 71.2 Å². The zero-order valence-corrected chi connectivity index (χ0v) is 13.8. The van der Waals surface area contributed by atoms with Gasteiger partial charge in [0.05, 0.1) is 6.07 Å². The topological polar surface area (TPSA) is 88.0 Å². The van der Waals surface area contributed by atoms with Crippen LogP contribution in [0, 0.1) is 16.5 Å². The Morgan fingerprint density at radius 1 is 1.21 bits per heavy atom. The van der Waals surface area contributed by atoms with Crippen molar-refractivity contribution in [3.63, 3.8) is 0 Å². The zero-order chi connectivity index (χ0) is 17.8. The molecule has 0 unspecified atom stereocenters. The van der Waals surface area contributed by atoms with Crippen LogP contribution in [0.4, 0.5) is 0 Å². The third kappa shape index (κ3) is 3.44. The van der Waals surface area contributed by atoms with E-state index in [0.717, 1.165) is 0 Å². The minimum Gasteiger partial charge on any atom is -0.618 e. The summed E-state index contributed by atoms with van der Waals surface area (Å²) in [5, 5.41) is 32.1. The fourth-order valence-corrected chi connectivity index (χ4v) is 2.69. The molecular formula is C19H20N2O3. The van der Waals surface area contributed by atoms with Crippen LogP contribution in [0.2, 0.25) is 0 Å². The van der Waals surface area contributed by atoms with Crippen molar-refractivity contribution in [2.24, 2.45) is 0 Å². The molecule has 0 radical (unpaired) electrons. The summed E-state index contributed by atoms with van der Waals surface area (Å²) in [6.07, 6.45) is 1.44. The molecule has 0 aliphatic rings. The number of hydrogen-bond donors (Lipinski definition) is 1. The lowest BCUT2D eigenvalue weighted by Gasteiger charge is -2.26. The first-order chi connectivity index (χ1) is 11.3. The van der Waals surface area contributed by atoms with E-state index in [0.29, 0.717) is 10.3 Å². The van der Waals surface area contributed by atoms with Crippen molar-refractivity contribution >= 4 is 5.78 Å². The van der Waals surface area contributed by atoms with Gasteiger partial charge in [0.2, 0.25) is 5.69 Å². The van der Waals surface area contributed by atoms with E-state index in [9.17, 15) is 20.4 Å². The number of hydrogen-bond acceptors (Lipinski definition) is 4. The first kappa shape index (κ1) is 17.6. The van der Waals surface area contributed by atoms with Crippen LogP contribution in [0.3, 0.4) is 0 Å². The van der Waals surface area contributed by atoms with Gasteiger partial charge < -0.3 is 10.3 Å². The molecule has 0 aliphatic carbocycles. The Labute approximate surface area is 141 Å². The molecule has 0 aliphatic heterocycles. The van der Waals surface area contributed by atoms with Crippen LogP contribution >= 0.6 is 0 Å². The molecule has 124 valence electrons. The molecule has 5 heteroatoms. The Bertz CT molecular complexity index is 760. The van der Waals surface area contributed by atoms with Crippen LogP contribution in [0.25, 0.3) is 0 Å². The number of carbonyl (C=O) groups is 1. The molecule has 0 fully saturated rings. The van der Waals surface area contributed by atoms with E-state index in [-0.39, 0.29) is 24.3 Å². The number of nitrogens with zero attached hydrogens (tertiary/aromatic N) is 2. The van der Waals surface area contributed by atoms with Crippen LogP contribution in [0.1, 0.15) is 37.9 Å². The van der Waals surface area contributed by atoms with Crippen molar-refractivity contribution in [2.75, 3.05) is 0 Å². The zero-order valence-electron chi connectivity index (χ0n) is 13.8. The monoisotopic (exact) mass is 324 g/mol. The van der Waals surface area contributed by atoms with Crippen LogP contribution in [0.15, 0.2) is 54.7 Å². The molecule has 1 heterocycles. The summed E-state index contributed by atoms with van der Waals surface area (Å²) in [6.45, 7) is 2.84. The van der Waals surface area contributed by atoms with E-state index < -0.39 is 11.0 Å². The second-order valence-corrected chi connectivity index (χ2v) is 6.28. The quantitative estimate of drug-likeness (QED) is 0.652. The van der Waals surface area contributed by atoms with Crippen molar-refractivity contribution in [1.82, 2.24) is 0 Å². The van der Waals surface area contributed by atoms with Gasteiger partial charge >= 0.3 is 0 Å². The van der Waals surface area contributed by atoms with Gasteiger partial charge in [0.15, 0.2) is 17.4 Å². The number of nitriles is 1. The summed E-state index contributed by atoms with van der Waals surface area (Å²) in [6, 6.07) is 16.1. The third-order valence-electron chi connectivity index (χ3n) is 4.13. The van der Waals surface area contributed by atoms with Crippen LogP contribution in [0.5, 0.6) is 0 Å². The van der Waals surface area contributed by atoms with Gasteiger partial charge in [-0.15, -0.1) is 0 Å². The maximum absolute atomic E-state index is 12.3. The largest absolute Gasteiger partial charge is 0.618 e. The highest BCUT2D eigenvalue weighted by Crippen LogP contribution is 2.35. The van der Waals surface area contributed by atoms with Gasteiger partial charge in [-0.2, -0.15) is 9.99 Å². The van der Waals surface area contributed by atoms with E-state index in [2.05, 4.69) is 6.07 Å². The fourth-order valence-electron chi connectivity index (χ4n) is 2.69. The Balaban J connectivity index is 2.52. The average molecular weight is 324 g/mol. The Morgan fingerprint density at radius 3 is 2.38 bits per heavy atom. The molecule has 1 atom stereocenters. The van der Waals surface area contributed by atoms with E-state index in [1.807, 2.05) is 6.07 Å². The number of Topliss-reactive ketones (excluding diaryl/α,β-unsaturated/α-hetero) is 1. The molecule has 2 aromatic rings. The van der Waals surface area contributed by atoms with Crippen molar-refractivity contribution < 1.29 is 14.6 Å². The van der Waals surface area contributed by atoms with Gasteiger partial charge in [0.1, 0.15) is 5.60 Å². The lowest BCUT2D eigenvalue weighted by Crippen LogP contribution is -2.43. The molecule has 1 aromatic carbocycles. The number of ketones is 1. The van der Waals surface area contributed by atoms with Gasteiger partial charge in [-0.05, 0) is 31.9 Å². The standard InChI is InChI=1S/C19H20N2O3/c1-18(2,23)17(22)11-12-19(14-20,15-8-4-3-5-9-15)16-10-6-7-13-21(16)24/h3-10,13,23H,11-12H2,1-2H3/t19-/m1/s1. The van der Waals surface area contributed by atoms with Crippen molar-refractivity contribution in [3.8, 4) is 6.07 Å². The molecule has 2 rings (SSSR count). The van der Waals surface area contributed by atoms with Gasteiger partial charge in [0.25, 0.3) is 0 Å². The van der Waals surface area contributed by atoms with Crippen LogP contribution < -0.4 is 4.73 Å². The number of carbonyl (C=O) groups excluding carboxylic acids is 1. The van der Waals surface area contributed by atoms with Crippen molar-refractivity contribution in [2.45, 2.75) is 37.7 Å². The summed E-state index contributed by atoms with van der Waals surface area (Å²) >= 11 is 0. The normalized spacial score (nSPS) is 13.8. The molecule has 0 saturated carbocycles. The predicted molar refractivity (Wildman–Crippen MR) is 88.8 cm³/mol. The van der Waals surface area contributed by atoms with E-state index >= 15 is 0 Å². The Hall–Kier alpha value is -2.71. The number of aliphatic hydroxyl groups is 1. The highest BCUT2D eigenvalue weighted by atomic mass is 16.5. The Morgan fingerprint density at radius 2 is 1.83 bits per heavy atom.